The van der Waals surface area contributed by atoms with Crippen molar-refractivity contribution < 1.29 is 28.7 Å². The maximum absolute atomic E-state index is 12.2. The number of rotatable bonds is 5. The van der Waals surface area contributed by atoms with E-state index in [0.717, 1.165) is 4.90 Å². The maximum atomic E-state index is 12.2. The van der Waals surface area contributed by atoms with Gasteiger partial charge >= 0.3 is 11.9 Å². The Balaban J connectivity index is 1.57. The van der Waals surface area contributed by atoms with Gasteiger partial charge in [-0.15, -0.1) is 0 Å². The summed E-state index contributed by atoms with van der Waals surface area (Å²) < 4.78 is 9.69. The summed E-state index contributed by atoms with van der Waals surface area (Å²) in [5, 5.41) is 0. The van der Waals surface area contributed by atoms with E-state index in [1.807, 2.05) is 0 Å². The molecule has 0 N–H and O–H groups in total. The molecule has 2 aromatic rings. The molecule has 2 amide bonds. The Kier molecular flexibility index (Phi) is 4.79. The molecule has 0 saturated heterocycles. The van der Waals surface area contributed by atoms with Gasteiger partial charge < -0.3 is 9.47 Å². The third-order valence-corrected chi connectivity index (χ3v) is 3.97. The van der Waals surface area contributed by atoms with Gasteiger partial charge in [0.05, 0.1) is 35.9 Å². The first-order chi connectivity index (χ1) is 12.5. The van der Waals surface area contributed by atoms with Crippen molar-refractivity contribution in [1.29, 1.82) is 0 Å². The van der Waals surface area contributed by atoms with Crippen LogP contribution in [0.15, 0.2) is 48.5 Å². The van der Waals surface area contributed by atoms with Crippen LogP contribution in [0.4, 0.5) is 0 Å². The zero-order valence-corrected chi connectivity index (χ0v) is 13.9. The molecule has 7 nitrogen and oxygen atoms in total. The van der Waals surface area contributed by atoms with Crippen molar-refractivity contribution in [2.24, 2.45) is 0 Å². The second-order valence-electron chi connectivity index (χ2n) is 5.51. The van der Waals surface area contributed by atoms with E-state index in [2.05, 4.69) is 4.74 Å². The summed E-state index contributed by atoms with van der Waals surface area (Å²) in [5.41, 5.74) is 1.26. The number of benzene rings is 2. The van der Waals surface area contributed by atoms with Crippen molar-refractivity contribution in [3.05, 3.63) is 70.8 Å². The smallest absolute Gasteiger partial charge is 0.338 e. The van der Waals surface area contributed by atoms with Gasteiger partial charge in [-0.2, -0.15) is 0 Å². The summed E-state index contributed by atoms with van der Waals surface area (Å²) in [7, 11) is 1.27. The number of ether oxygens (including phenoxy) is 2. The standard InChI is InChI=1S/C19H15NO6/c1-25-18(23)12-6-8-13(9-7-12)19(24)26-11-10-20-16(21)14-4-2-3-5-15(14)17(20)22/h2-9H,10-11H2,1H3. The van der Waals surface area contributed by atoms with Gasteiger partial charge in [0.15, 0.2) is 0 Å². The second kappa shape index (κ2) is 7.18. The average Bonchev–Trinajstić information content (AvgIpc) is 2.92. The Morgan fingerprint density at radius 1 is 0.846 bits per heavy atom. The van der Waals surface area contributed by atoms with E-state index in [-0.39, 0.29) is 18.7 Å². The zero-order chi connectivity index (χ0) is 18.7. The van der Waals surface area contributed by atoms with Crippen LogP contribution in [0, 0.1) is 0 Å². The number of hydrogen-bond donors (Lipinski definition) is 0. The minimum absolute atomic E-state index is 0.0294. The van der Waals surface area contributed by atoms with Crippen LogP contribution in [-0.4, -0.2) is 48.9 Å². The van der Waals surface area contributed by atoms with Crippen LogP contribution in [0.1, 0.15) is 41.4 Å². The second-order valence-corrected chi connectivity index (χ2v) is 5.51. The Bertz CT molecular complexity index is 852. The Labute approximate surface area is 149 Å². The molecule has 0 unspecified atom stereocenters. The van der Waals surface area contributed by atoms with Gasteiger partial charge in [0.25, 0.3) is 11.8 Å². The number of carbonyl (C=O) groups excluding carboxylic acids is 4. The van der Waals surface area contributed by atoms with Crippen molar-refractivity contribution in [2.45, 2.75) is 0 Å². The van der Waals surface area contributed by atoms with Gasteiger partial charge in [-0.25, -0.2) is 9.59 Å². The molecule has 132 valence electrons. The van der Waals surface area contributed by atoms with Crippen LogP contribution >= 0.6 is 0 Å². The predicted octanol–water partition coefficient (Wildman–Crippen LogP) is 1.93. The van der Waals surface area contributed by atoms with Crippen LogP contribution < -0.4 is 0 Å². The Hall–Kier alpha value is -3.48. The molecule has 1 heterocycles. The highest BCUT2D eigenvalue weighted by molar-refractivity contribution is 6.21. The molecule has 1 aliphatic rings. The molecular weight excluding hydrogens is 338 g/mol. The Morgan fingerprint density at radius 3 is 1.85 bits per heavy atom. The lowest BCUT2D eigenvalue weighted by Gasteiger charge is -2.13. The van der Waals surface area contributed by atoms with Crippen molar-refractivity contribution >= 4 is 23.8 Å². The molecule has 0 atom stereocenters. The molecule has 0 radical (unpaired) electrons. The molecule has 0 aliphatic carbocycles. The van der Waals surface area contributed by atoms with Crippen LogP contribution in [0.25, 0.3) is 0 Å². The number of imide groups is 1. The highest BCUT2D eigenvalue weighted by Gasteiger charge is 2.34. The predicted molar refractivity (Wildman–Crippen MR) is 89.9 cm³/mol. The lowest BCUT2D eigenvalue weighted by Crippen LogP contribution is -2.33. The fourth-order valence-electron chi connectivity index (χ4n) is 2.62. The van der Waals surface area contributed by atoms with Crippen molar-refractivity contribution in [3.8, 4) is 0 Å². The summed E-state index contributed by atoms with van der Waals surface area (Å²) in [6, 6.07) is 12.3. The number of carbonyl (C=O) groups is 4. The van der Waals surface area contributed by atoms with E-state index in [4.69, 9.17) is 4.74 Å². The van der Waals surface area contributed by atoms with Gasteiger partial charge in [0, 0.05) is 0 Å². The molecule has 7 heteroatoms. The van der Waals surface area contributed by atoms with Crippen LogP contribution in [0.3, 0.4) is 0 Å². The zero-order valence-electron chi connectivity index (χ0n) is 13.9. The number of hydrogen-bond acceptors (Lipinski definition) is 6. The van der Waals surface area contributed by atoms with E-state index in [9.17, 15) is 19.2 Å². The molecule has 0 saturated carbocycles. The Morgan fingerprint density at radius 2 is 1.35 bits per heavy atom. The van der Waals surface area contributed by atoms with Crippen molar-refractivity contribution in [2.75, 3.05) is 20.3 Å². The highest BCUT2D eigenvalue weighted by atomic mass is 16.5. The molecule has 0 aromatic heterocycles. The quantitative estimate of drug-likeness (QED) is 0.603. The highest BCUT2D eigenvalue weighted by Crippen LogP contribution is 2.22. The van der Waals surface area contributed by atoms with Crippen molar-refractivity contribution in [1.82, 2.24) is 4.90 Å². The van der Waals surface area contributed by atoms with E-state index >= 15 is 0 Å². The number of esters is 2. The first-order valence-corrected chi connectivity index (χ1v) is 7.83. The largest absolute Gasteiger partial charge is 0.465 e. The van der Waals surface area contributed by atoms with Crippen LogP contribution in [0.2, 0.25) is 0 Å². The molecular formula is C19H15NO6. The molecule has 2 aromatic carbocycles. The van der Waals surface area contributed by atoms with Gasteiger partial charge in [-0.05, 0) is 36.4 Å². The lowest BCUT2D eigenvalue weighted by atomic mass is 10.1. The summed E-state index contributed by atoms with van der Waals surface area (Å²) in [6.07, 6.45) is 0. The van der Waals surface area contributed by atoms with Gasteiger partial charge in [0.2, 0.25) is 0 Å². The number of nitrogens with zero attached hydrogens (tertiary/aromatic N) is 1. The van der Waals surface area contributed by atoms with E-state index in [0.29, 0.717) is 16.7 Å². The number of fused-ring (bicyclic) bond motifs is 1. The molecule has 0 fully saturated rings. The van der Waals surface area contributed by atoms with E-state index < -0.39 is 23.8 Å². The lowest BCUT2D eigenvalue weighted by molar-refractivity contribution is 0.0420. The van der Waals surface area contributed by atoms with E-state index in [1.54, 1.807) is 24.3 Å². The monoisotopic (exact) mass is 353 g/mol. The summed E-state index contributed by atoms with van der Waals surface area (Å²) in [4.78, 5) is 48.8. The van der Waals surface area contributed by atoms with Crippen LogP contribution in [-0.2, 0) is 9.47 Å². The van der Waals surface area contributed by atoms with Gasteiger partial charge in [0.1, 0.15) is 6.61 Å². The molecule has 3 rings (SSSR count). The molecule has 0 bridgehead atoms. The topological polar surface area (TPSA) is 90.0 Å². The normalized spacial score (nSPS) is 12.7. The molecule has 0 spiro atoms. The first-order valence-electron chi connectivity index (χ1n) is 7.83. The third-order valence-electron chi connectivity index (χ3n) is 3.97. The minimum atomic E-state index is -0.613. The van der Waals surface area contributed by atoms with Crippen molar-refractivity contribution in [3.63, 3.8) is 0 Å². The maximum Gasteiger partial charge on any atom is 0.338 e. The fraction of sp³-hybridized carbons (Fsp3) is 0.158. The summed E-state index contributed by atoms with van der Waals surface area (Å²) >= 11 is 0. The first kappa shape index (κ1) is 17.3. The SMILES string of the molecule is COC(=O)c1ccc(C(=O)OCCN2C(=O)c3ccccc3C2=O)cc1. The minimum Gasteiger partial charge on any atom is -0.465 e. The fourth-order valence-corrected chi connectivity index (χ4v) is 2.62. The third kappa shape index (κ3) is 3.19. The summed E-state index contributed by atoms with van der Waals surface area (Å²) in [6.45, 7) is -0.151. The summed E-state index contributed by atoms with van der Waals surface area (Å²) in [5.74, 6) is -1.92. The van der Waals surface area contributed by atoms with Crippen LogP contribution in [0.5, 0.6) is 0 Å². The number of methoxy groups -OCH3 is 1. The van der Waals surface area contributed by atoms with E-state index in [1.165, 1.54) is 31.4 Å². The average molecular weight is 353 g/mol. The van der Waals surface area contributed by atoms with Gasteiger partial charge in [-0.1, -0.05) is 12.1 Å². The number of amides is 2. The molecule has 26 heavy (non-hydrogen) atoms. The molecule has 1 aliphatic heterocycles. The van der Waals surface area contributed by atoms with Gasteiger partial charge in [-0.3, -0.25) is 14.5 Å².